The maximum absolute atomic E-state index is 10.0. The van der Waals surface area contributed by atoms with Crippen LogP contribution in [-0.2, 0) is 9.59 Å². The number of nitrogens with one attached hydrogen (secondary N) is 2. The summed E-state index contributed by atoms with van der Waals surface area (Å²) in [6, 6.07) is 1.65. The number of carbonyl (C=O) groups excluding carboxylic acids is 6. The van der Waals surface area contributed by atoms with Crippen molar-refractivity contribution in [3.8, 4) is 0 Å². The Labute approximate surface area is 296 Å². The minimum Gasteiger partial charge on any atom is -0.550 e. The van der Waals surface area contributed by atoms with Gasteiger partial charge in [-0.15, -0.1) is 0 Å². The number of carboxylic acid groups (broad SMARTS) is 6. The number of rotatable bonds is 7. The predicted octanol–water partition coefficient (Wildman–Crippen LogP) is -16.7. The van der Waals surface area contributed by atoms with Crippen LogP contribution in [0.15, 0.2) is 12.1 Å². The van der Waals surface area contributed by atoms with Crippen LogP contribution in [0, 0.1) is 80.8 Å². The molecule has 0 atom stereocenters. The molecule has 42 heavy (non-hydrogen) atoms. The van der Waals surface area contributed by atoms with Gasteiger partial charge in [-0.1, -0.05) is 0 Å². The Hall–Kier alpha value is -2.48. The van der Waals surface area contributed by atoms with E-state index in [4.69, 9.17) is 0 Å². The molecule has 0 aromatic carbocycles. The second-order valence-corrected chi connectivity index (χ2v) is 4.73. The maximum Gasteiger partial charge on any atom is 3.00 e. The van der Waals surface area contributed by atoms with Gasteiger partial charge in [-0.05, 0) is 25.0 Å². The summed E-state index contributed by atoms with van der Waals surface area (Å²) in [4.78, 5) is 59.1. The molecule has 0 aliphatic carbocycles. The van der Waals surface area contributed by atoms with E-state index in [9.17, 15) is 59.4 Å². The normalized spacial score (nSPS) is 6.57. The smallest absolute Gasteiger partial charge is 0.550 e. The minimum atomic E-state index is -1.53. The maximum atomic E-state index is 10.0. The summed E-state index contributed by atoms with van der Waals surface area (Å²) in [6.45, 7) is 0. The molecule has 26 nitrogen and oxygen atoms in total. The molecule has 0 saturated heterocycles. The number of hydrogen-bond donors (Lipinski definition) is 2. The van der Waals surface area contributed by atoms with Crippen molar-refractivity contribution in [2.75, 3.05) is 0 Å². The van der Waals surface area contributed by atoms with E-state index in [2.05, 4.69) is 10.2 Å². The number of aliphatic carboxylic acids is 2. The van der Waals surface area contributed by atoms with Crippen LogP contribution in [0.5, 0.6) is 0 Å². The van der Waals surface area contributed by atoms with Gasteiger partial charge < -0.3 is 114 Å². The second-order valence-electron chi connectivity index (χ2n) is 4.73. The summed E-state index contributed by atoms with van der Waals surface area (Å²) < 4.78 is 0. The first kappa shape index (κ1) is 83.4. The molecule has 28 heteroatoms. The van der Waals surface area contributed by atoms with E-state index in [0.717, 1.165) is 12.1 Å². The first-order valence-electron chi connectivity index (χ1n) is 7.21. The van der Waals surface area contributed by atoms with Crippen LogP contribution in [0.3, 0.4) is 0 Å². The molecular formula is C14H28N4O22Sm2. The van der Waals surface area contributed by atoms with E-state index in [1.807, 2.05) is 10.2 Å². The molecule has 0 spiro atoms. The van der Waals surface area contributed by atoms with Gasteiger partial charge >= 0.3 is 80.8 Å². The van der Waals surface area contributed by atoms with Crippen LogP contribution in [-0.4, -0.2) is 111 Å². The Morgan fingerprint density at radius 1 is 0.476 bits per heavy atom. The van der Waals surface area contributed by atoms with Crippen LogP contribution < -0.4 is 30.6 Å². The van der Waals surface area contributed by atoms with Gasteiger partial charge in [-0.2, -0.15) is 10.2 Å². The SMILES string of the molecule is O.O.O.O.O.O.O.O.O.O.O=C([O-])CCC(=O)[O-].O=C([O-])c1cc(C(=O)[O-])[nH]n1.O=C([O-])c1cc(C(=O)[O-])[nH]n1.[Sm+3].[Sm+3]. The zero-order valence-corrected chi connectivity index (χ0v) is 25.4. The average Bonchev–Trinajstić information content (AvgIpc) is 3.31. The molecule has 2 aromatic rings. The van der Waals surface area contributed by atoms with Crippen molar-refractivity contribution in [2.45, 2.75) is 12.8 Å². The molecule has 0 fully saturated rings. The van der Waals surface area contributed by atoms with E-state index in [1.54, 1.807) is 0 Å². The summed E-state index contributed by atoms with van der Waals surface area (Å²) in [7, 11) is 0. The Morgan fingerprint density at radius 2 is 0.690 bits per heavy atom. The van der Waals surface area contributed by atoms with Crippen molar-refractivity contribution in [3.05, 3.63) is 34.9 Å². The van der Waals surface area contributed by atoms with Gasteiger partial charge in [0.1, 0.15) is 11.4 Å². The van der Waals surface area contributed by atoms with Crippen molar-refractivity contribution in [1.29, 1.82) is 0 Å². The number of nitrogens with zero attached hydrogens (tertiary/aromatic N) is 2. The Bertz CT molecular complexity index is 833. The van der Waals surface area contributed by atoms with E-state index in [0.29, 0.717) is 0 Å². The first-order valence-corrected chi connectivity index (χ1v) is 7.21. The third-order valence-corrected chi connectivity index (χ3v) is 2.55. The molecule has 0 unspecified atom stereocenters. The monoisotopic (exact) mass is 908 g/mol. The molecule has 0 amide bonds. The van der Waals surface area contributed by atoms with Crippen molar-refractivity contribution < 1.29 is 195 Å². The minimum absolute atomic E-state index is 0. The van der Waals surface area contributed by atoms with E-state index < -0.39 is 60.0 Å². The molecule has 0 saturated carbocycles. The summed E-state index contributed by atoms with van der Waals surface area (Å²) in [5.74, 6) is -8.82. The predicted molar refractivity (Wildman–Crippen MR) is 110 cm³/mol. The van der Waals surface area contributed by atoms with Crippen molar-refractivity contribution in [3.63, 3.8) is 0 Å². The summed E-state index contributed by atoms with van der Waals surface area (Å²) >= 11 is 0. The molecule has 22 N–H and O–H groups in total. The molecule has 2 aromatic heterocycles. The molecule has 2 radical (unpaired) electrons. The molecule has 2 heterocycles. The third kappa shape index (κ3) is 37.5. The number of carbonyl (C=O) groups is 6. The number of aromatic carboxylic acids is 4. The largest absolute Gasteiger partial charge is 3.00 e. The van der Waals surface area contributed by atoms with Crippen LogP contribution in [0.2, 0.25) is 0 Å². The zero-order chi connectivity index (χ0) is 23.4. The van der Waals surface area contributed by atoms with Crippen molar-refractivity contribution >= 4 is 35.8 Å². The van der Waals surface area contributed by atoms with Gasteiger partial charge in [-0.25, -0.2) is 0 Å². The van der Waals surface area contributed by atoms with E-state index in [-0.39, 0.29) is 147 Å². The molecule has 0 bridgehead atoms. The van der Waals surface area contributed by atoms with Crippen molar-refractivity contribution in [1.82, 2.24) is 20.4 Å². The summed E-state index contributed by atoms with van der Waals surface area (Å²) in [5.41, 5.74) is -1.68. The fourth-order valence-electron chi connectivity index (χ4n) is 1.27. The Morgan fingerprint density at radius 3 is 0.786 bits per heavy atom. The number of hydrogen-bond acceptors (Lipinski definition) is 14. The molecular weight excluding hydrogens is 877 g/mol. The number of H-pyrrole nitrogens is 2. The molecule has 0 aliphatic rings. The van der Waals surface area contributed by atoms with Gasteiger partial charge in [-0.3, -0.25) is 10.2 Å². The van der Waals surface area contributed by atoms with E-state index in [1.165, 1.54) is 0 Å². The van der Waals surface area contributed by atoms with Crippen LogP contribution in [0.1, 0.15) is 54.8 Å². The topological polar surface area (TPSA) is 613 Å². The quantitative estimate of drug-likeness (QED) is 0.261. The summed E-state index contributed by atoms with van der Waals surface area (Å²) in [5, 5.41) is 69.3. The van der Waals surface area contributed by atoms with Crippen LogP contribution in [0.25, 0.3) is 0 Å². The molecule has 2 rings (SSSR count). The second kappa shape index (κ2) is 43.0. The standard InChI is InChI=1S/2C5H4N2O4.C4H6O4.10H2O.2Sm/c2*8-4(9)2-1-3(5(10)11)7-6-2;5-3(6)1-2-4(7)8;;;;;;;;;;;;/h2*1H,(H,6,7)(H,8,9)(H,10,11);1-2H2,(H,5,6)(H,7,8);10*1H2;;/q;;;;;;;;;;;;;2*+3/p-6. The average molecular weight is 905 g/mol. The van der Waals surface area contributed by atoms with Gasteiger partial charge in [0.05, 0.1) is 35.3 Å². The number of aromatic nitrogens is 4. The van der Waals surface area contributed by atoms with Crippen molar-refractivity contribution in [2.24, 2.45) is 0 Å². The fraction of sp³-hybridized carbons (Fsp3) is 0.143. The fourth-order valence-corrected chi connectivity index (χ4v) is 1.27. The zero-order valence-electron chi connectivity index (χ0n) is 20.2. The molecule has 0 aliphatic heterocycles. The Kier molecular flexibility index (Phi) is 85.3. The van der Waals surface area contributed by atoms with Gasteiger partial charge in [0.25, 0.3) is 0 Å². The Balaban J connectivity index is -0.0000000241. The van der Waals surface area contributed by atoms with Gasteiger partial charge in [0.15, 0.2) is 0 Å². The first-order chi connectivity index (χ1) is 13.8. The van der Waals surface area contributed by atoms with E-state index >= 15 is 0 Å². The number of aromatic amines is 2. The van der Waals surface area contributed by atoms with Crippen LogP contribution >= 0.6 is 0 Å². The van der Waals surface area contributed by atoms with Crippen LogP contribution in [0.4, 0.5) is 0 Å². The van der Waals surface area contributed by atoms with Gasteiger partial charge in [0, 0.05) is 11.9 Å². The van der Waals surface area contributed by atoms with Gasteiger partial charge in [0.2, 0.25) is 0 Å². The molecule has 248 valence electrons. The third-order valence-electron chi connectivity index (χ3n) is 2.55. The number of carboxylic acids is 6. The summed E-state index contributed by atoms with van der Waals surface area (Å²) in [6.07, 6.45) is -0.940.